The topological polar surface area (TPSA) is 232 Å². The number of cyclic esters (lactones) is 1. The minimum atomic E-state index is -1.61. The molecular formula is C49H69FN4O16S2. The van der Waals surface area contributed by atoms with Crippen LogP contribution in [0.2, 0.25) is 0 Å². The molecule has 2 aromatic heterocycles. The lowest BCUT2D eigenvalue weighted by molar-refractivity contribution is -0.157. The van der Waals surface area contributed by atoms with Crippen molar-refractivity contribution in [3.05, 3.63) is 61.7 Å². The van der Waals surface area contributed by atoms with Crippen molar-refractivity contribution in [2.24, 2.45) is 0 Å². The Morgan fingerprint density at radius 2 is 1.32 bits per heavy atom. The van der Waals surface area contributed by atoms with E-state index in [0.717, 1.165) is 29.5 Å². The number of hydrogen-bond acceptors (Lipinski definition) is 19. The molecule has 3 aromatic rings. The van der Waals surface area contributed by atoms with E-state index in [1.54, 1.807) is 23.8 Å². The minimum absolute atomic E-state index is 0.112. The van der Waals surface area contributed by atoms with Gasteiger partial charge >= 0.3 is 12.1 Å². The van der Waals surface area contributed by atoms with Gasteiger partial charge in [0.05, 0.1) is 147 Å². The standard InChI is InChI=1S/C49H69FN4O16S2/c1-3-8-60-10-12-62-14-16-64-18-20-66-22-24-68-25-23-67-21-19-65-17-15-63-13-11-61-9-6-42(55)51-7-27-71-72-28-26-69-49(59)53-39-5-4-34-33(2)38(50)30-40-43(34)44(39)36-31-54-41(45(36)52-40)29-35-37(47(54)57)32-70-48(58)46(35)56/h29-30,39,46,56H,3-28,31-32H2,1-2H3,(H,51,55)(H,53,59)/t39-,46-/m0/s1. The smallest absolute Gasteiger partial charge is 0.407 e. The highest BCUT2D eigenvalue weighted by molar-refractivity contribution is 8.76. The Morgan fingerprint density at radius 1 is 0.764 bits per heavy atom. The Balaban J connectivity index is 0.731. The number of hydrogen-bond donors (Lipinski definition) is 3. The van der Waals surface area contributed by atoms with E-state index in [0.29, 0.717) is 165 Å². The first kappa shape index (κ1) is 57.3. The summed E-state index contributed by atoms with van der Waals surface area (Å²) < 4.78 is 76.5. The highest BCUT2D eigenvalue weighted by Gasteiger charge is 2.38. The van der Waals surface area contributed by atoms with Crippen molar-refractivity contribution in [3.63, 3.8) is 0 Å². The largest absolute Gasteiger partial charge is 0.458 e. The third kappa shape index (κ3) is 17.3. The summed E-state index contributed by atoms with van der Waals surface area (Å²) in [4.78, 5) is 56.0. The Bertz CT molecular complexity index is 2270. The molecular weight excluding hydrogens is 984 g/mol. The fourth-order valence-corrected chi connectivity index (χ4v) is 9.94. The maximum Gasteiger partial charge on any atom is 0.407 e. The predicted octanol–water partition coefficient (Wildman–Crippen LogP) is 4.12. The highest BCUT2D eigenvalue weighted by atomic mass is 33.1. The second kappa shape index (κ2) is 31.7. The number of pyridine rings is 2. The first-order valence-electron chi connectivity index (χ1n) is 24.6. The van der Waals surface area contributed by atoms with E-state index in [1.807, 2.05) is 0 Å². The third-order valence-corrected chi connectivity index (χ3v) is 14.1. The maximum atomic E-state index is 15.2. The van der Waals surface area contributed by atoms with Gasteiger partial charge in [0.15, 0.2) is 6.10 Å². The summed E-state index contributed by atoms with van der Waals surface area (Å²) >= 11 is 0. The number of amides is 2. The molecule has 3 N–H and O–H groups in total. The van der Waals surface area contributed by atoms with Crippen LogP contribution in [0.15, 0.2) is 16.9 Å². The zero-order valence-corrected chi connectivity index (χ0v) is 42.9. The predicted molar refractivity (Wildman–Crippen MR) is 266 cm³/mol. The second-order valence-corrected chi connectivity index (χ2v) is 19.4. The van der Waals surface area contributed by atoms with Gasteiger partial charge in [0.25, 0.3) is 5.56 Å². The number of benzene rings is 1. The number of aliphatic hydroxyl groups is 1. The lowest BCUT2D eigenvalue weighted by atomic mass is 9.82. The molecule has 6 rings (SSSR count). The number of aromatic nitrogens is 2. The van der Waals surface area contributed by atoms with Crippen LogP contribution in [0, 0.1) is 12.7 Å². The number of fused-ring (bicyclic) bond motifs is 5. The molecule has 0 radical (unpaired) electrons. The molecule has 2 aliphatic heterocycles. The Kier molecular flexibility index (Phi) is 25.2. The molecule has 3 aliphatic rings. The lowest BCUT2D eigenvalue weighted by Crippen LogP contribution is -2.33. The van der Waals surface area contributed by atoms with Gasteiger partial charge in [0.2, 0.25) is 5.91 Å². The number of rotatable bonds is 37. The van der Waals surface area contributed by atoms with Crippen molar-refractivity contribution in [3.8, 4) is 11.4 Å². The van der Waals surface area contributed by atoms with Gasteiger partial charge in [0.1, 0.15) is 19.0 Å². The van der Waals surface area contributed by atoms with Gasteiger partial charge in [-0.1, -0.05) is 28.5 Å². The van der Waals surface area contributed by atoms with Crippen LogP contribution in [0.5, 0.6) is 0 Å². The average Bonchev–Trinajstić information content (AvgIpc) is 3.74. The molecule has 0 bridgehead atoms. The SMILES string of the molecule is CCCOCCOCCOCCOCCOCCOCCOCCOCCOCCC(=O)NCCSSCCOC(=O)N[C@H]1CCc2c(C)c(F)cc3nc4c(c1c23)Cn1c-4cc2c(c1=O)COC(=O)[C@H]2O. The van der Waals surface area contributed by atoms with E-state index in [1.165, 1.54) is 21.4 Å². The lowest BCUT2D eigenvalue weighted by Gasteiger charge is -2.29. The zero-order valence-electron chi connectivity index (χ0n) is 41.3. The summed E-state index contributed by atoms with van der Waals surface area (Å²) in [7, 11) is 3.07. The summed E-state index contributed by atoms with van der Waals surface area (Å²) in [6.07, 6.45) is -0.0207. The normalized spacial score (nSPS) is 15.6. The van der Waals surface area contributed by atoms with Gasteiger partial charge in [-0.25, -0.2) is 19.0 Å². The molecule has 0 saturated carbocycles. The van der Waals surface area contributed by atoms with Crippen LogP contribution in [0.1, 0.15) is 71.7 Å². The number of halogens is 1. The van der Waals surface area contributed by atoms with Crippen molar-refractivity contribution in [1.82, 2.24) is 20.2 Å². The number of esters is 1. The van der Waals surface area contributed by atoms with Gasteiger partial charge < -0.3 is 72.4 Å². The molecule has 2 amide bonds. The molecule has 400 valence electrons. The molecule has 1 aromatic carbocycles. The molecule has 23 heteroatoms. The number of aryl methyl sites for hydroxylation is 1. The molecule has 0 unspecified atom stereocenters. The van der Waals surface area contributed by atoms with E-state index in [4.69, 9.17) is 57.1 Å². The molecule has 0 saturated heterocycles. The molecule has 1 aliphatic carbocycles. The van der Waals surface area contributed by atoms with Crippen molar-refractivity contribution < 1.29 is 76.0 Å². The Morgan fingerprint density at radius 3 is 1.90 bits per heavy atom. The summed E-state index contributed by atoms with van der Waals surface area (Å²) in [6, 6.07) is 2.43. The second-order valence-electron chi connectivity index (χ2n) is 16.7. The number of nitrogens with one attached hydrogen (secondary N) is 2. The minimum Gasteiger partial charge on any atom is -0.458 e. The molecule has 20 nitrogen and oxygen atoms in total. The van der Waals surface area contributed by atoms with Gasteiger partial charge in [-0.3, -0.25) is 9.59 Å². The summed E-state index contributed by atoms with van der Waals surface area (Å²) in [5.41, 5.74) is 3.89. The van der Waals surface area contributed by atoms with Crippen LogP contribution in [-0.2, 0) is 81.3 Å². The van der Waals surface area contributed by atoms with Crippen LogP contribution >= 0.6 is 21.6 Å². The fourth-order valence-electron chi connectivity index (χ4n) is 8.21. The quantitative estimate of drug-likeness (QED) is 0.0328. The van der Waals surface area contributed by atoms with Crippen LogP contribution < -0.4 is 16.2 Å². The van der Waals surface area contributed by atoms with Crippen molar-refractivity contribution in [2.45, 2.75) is 64.8 Å². The number of ether oxygens (including phenoxy) is 11. The van der Waals surface area contributed by atoms with Crippen LogP contribution in [0.25, 0.3) is 22.3 Å². The number of alkyl carbamates (subject to hydrolysis) is 1. The van der Waals surface area contributed by atoms with Gasteiger partial charge in [-0.15, -0.1) is 0 Å². The third-order valence-electron chi connectivity index (χ3n) is 11.7. The van der Waals surface area contributed by atoms with E-state index >= 15 is 4.39 Å². The number of nitrogens with zero attached hydrogens (tertiary/aromatic N) is 2. The number of aliphatic hydroxyl groups excluding tert-OH is 1. The average molecular weight is 1050 g/mol. The molecule has 72 heavy (non-hydrogen) atoms. The number of carbonyl (C=O) groups is 3. The summed E-state index contributed by atoms with van der Waals surface area (Å²) in [5.74, 6) is -0.185. The van der Waals surface area contributed by atoms with E-state index in [2.05, 4.69) is 17.6 Å². The van der Waals surface area contributed by atoms with E-state index in [9.17, 15) is 24.3 Å². The van der Waals surface area contributed by atoms with Crippen LogP contribution in [0.4, 0.5) is 9.18 Å². The summed E-state index contributed by atoms with van der Waals surface area (Å²) in [5, 5.41) is 17.2. The monoisotopic (exact) mass is 1050 g/mol. The maximum absolute atomic E-state index is 15.2. The van der Waals surface area contributed by atoms with E-state index < -0.39 is 35.6 Å². The highest BCUT2D eigenvalue weighted by Crippen LogP contribution is 2.45. The van der Waals surface area contributed by atoms with Crippen molar-refractivity contribution >= 4 is 50.5 Å². The van der Waals surface area contributed by atoms with Gasteiger partial charge in [-0.2, -0.15) is 0 Å². The fraction of sp³-hybridized carbons (Fsp3) is 0.653. The Labute approximate surface area is 426 Å². The van der Waals surface area contributed by atoms with Gasteiger partial charge in [0, 0.05) is 53.7 Å². The van der Waals surface area contributed by atoms with Crippen LogP contribution in [-0.4, -0.2) is 176 Å². The molecule has 0 spiro atoms. The zero-order chi connectivity index (χ0) is 50.9. The summed E-state index contributed by atoms with van der Waals surface area (Å²) in [6.45, 7) is 13.0. The molecule has 2 atom stereocenters. The molecule has 4 heterocycles. The Hall–Kier alpha value is -3.98. The van der Waals surface area contributed by atoms with Crippen molar-refractivity contribution in [1.29, 1.82) is 0 Å². The van der Waals surface area contributed by atoms with E-state index in [-0.39, 0.29) is 49.8 Å². The number of carbonyl (C=O) groups excluding carboxylic acids is 3. The molecule has 0 fully saturated rings. The first-order chi connectivity index (χ1) is 35.2. The van der Waals surface area contributed by atoms with Crippen molar-refractivity contribution in [2.75, 3.05) is 144 Å². The van der Waals surface area contributed by atoms with Gasteiger partial charge in [-0.05, 0) is 48.9 Å². The van der Waals surface area contributed by atoms with Crippen LogP contribution in [0.3, 0.4) is 0 Å². The first-order valence-corrected chi connectivity index (χ1v) is 27.1.